The maximum atomic E-state index is 6.31. The Morgan fingerprint density at radius 2 is 0.936 bits per heavy atom. The predicted molar refractivity (Wildman–Crippen MR) is 192 cm³/mol. The topological polar surface area (TPSA) is 44.1 Å². The van der Waals surface area contributed by atoms with Gasteiger partial charge in [0.15, 0.2) is 0 Å². The molecule has 0 amide bonds. The Balaban J connectivity index is 1.05. The molecule has 220 valence electrons. The summed E-state index contributed by atoms with van der Waals surface area (Å²) >= 11 is 0. The van der Waals surface area contributed by atoms with Gasteiger partial charge in [0, 0.05) is 32.8 Å². The smallest absolute Gasteiger partial charge is 0.145 e. The van der Waals surface area contributed by atoms with E-state index in [1.165, 1.54) is 11.1 Å². The summed E-state index contributed by atoms with van der Waals surface area (Å²) in [6.45, 7) is 0. The number of fused-ring (bicyclic) bond motifs is 7. The molecule has 0 spiro atoms. The third kappa shape index (κ3) is 4.12. The number of rotatable bonds is 4. The molecule has 47 heavy (non-hydrogen) atoms. The largest absolute Gasteiger partial charge is 0.456 e. The molecule has 3 heterocycles. The SMILES string of the molecule is c1ccc(-c2ccc(-c3nc4ccccc4n3-c3ccc(-c4ccc5oc6cc7c(cc6c5c4)oc4ccccc47)cc3)cc2)cc1. The lowest BCUT2D eigenvalue weighted by Gasteiger charge is -2.11. The highest BCUT2D eigenvalue weighted by Gasteiger charge is 2.16. The van der Waals surface area contributed by atoms with Crippen molar-refractivity contribution in [3.63, 3.8) is 0 Å². The van der Waals surface area contributed by atoms with Crippen molar-refractivity contribution in [2.75, 3.05) is 0 Å². The molecule has 0 radical (unpaired) electrons. The molecule has 0 aliphatic carbocycles. The summed E-state index contributed by atoms with van der Waals surface area (Å²) in [6.07, 6.45) is 0. The highest BCUT2D eigenvalue weighted by molar-refractivity contribution is 6.15. The van der Waals surface area contributed by atoms with Crippen LogP contribution in [0.1, 0.15) is 0 Å². The van der Waals surface area contributed by atoms with Gasteiger partial charge in [-0.25, -0.2) is 4.98 Å². The van der Waals surface area contributed by atoms with E-state index in [0.717, 1.165) is 83.1 Å². The lowest BCUT2D eigenvalue weighted by Crippen LogP contribution is -1.97. The minimum Gasteiger partial charge on any atom is -0.456 e. The van der Waals surface area contributed by atoms with Gasteiger partial charge in [-0.1, -0.05) is 103 Å². The van der Waals surface area contributed by atoms with Crippen molar-refractivity contribution in [2.24, 2.45) is 0 Å². The van der Waals surface area contributed by atoms with Gasteiger partial charge >= 0.3 is 0 Å². The minimum absolute atomic E-state index is 0.864. The van der Waals surface area contributed by atoms with E-state index in [0.29, 0.717) is 0 Å². The molecule has 0 atom stereocenters. The number of hydrogen-bond donors (Lipinski definition) is 0. The van der Waals surface area contributed by atoms with Gasteiger partial charge in [0.2, 0.25) is 0 Å². The molecule has 10 aromatic rings. The molecule has 7 aromatic carbocycles. The number of benzene rings is 7. The van der Waals surface area contributed by atoms with E-state index in [2.05, 4.69) is 132 Å². The van der Waals surface area contributed by atoms with Gasteiger partial charge in [0.05, 0.1) is 11.0 Å². The van der Waals surface area contributed by atoms with Crippen molar-refractivity contribution >= 4 is 54.9 Å². The Bertz CT molecular complexity index is 2770. The lowest BCUT2D eigenvalue weighted by atomic mass is 10.0. The number of para-hydroxylation sites is 3. The molecule has 0 aliphatic rings. The maximum absolute atomic E-state index is 6.31. The first kappa shape index (κ1) is 25.9. The van der Waals surface area contributed by atoms with Crippen LogP contribution in [0.25, 0.3) is 94.2 Å². The summed E-state index contributed by atoms with van der Waals surface area (Å²) in [5.41, 5.74) is 12.3. The summed E-state index contributed by atoms with van der Waals surface area (Å²) < 4.78 is 14.8. The first-order chi connectivity index (χ1) is 23.3. The van der Waals surface area contributed by atoms with Crippen LogP contribution in [0.4, 0.5) is 0 Å². The lowest BCUT2D eigenvalue weighted by molar-refractivity contribution is 0.664. The first-order valence-electron chi connectivity index (χ1n) is 15.8. The Morgan fingerprint density at radius 3 is 1.74 bits per heavy atom. The summed E-state index contributed by atoms with van der Waals surface area (Å²) in [4.78, 5) is 5.08. The van der Waals surface area contributed by atoms with Gasteiger partial charge in [0.1, 0.15) is 28.2 Å². The molecular weight excluding hydrogens is 576 g/mol. The van der Waals surface area contributed by atoms with Crippen molar-refractivity contribution in [1.29, 1.82) is 0 Å². The van der Waals surface area contributed by atoms with E-state index >= 15 is 0 Å². The van der Waals surface area contributed by atoms with Crippen LogP contribution >= 0.6 is 0 Å². The summed E-state index contributed by atoms with van der Waals surface area (Å²) in [5, 5.41) is 4.30. The molecule has 0 aliphatic heterocycles. The van der Waals surface area contributed by atoms with Gasteiger partial charge in [-0.3, -0.25) is 4.57 Å². The van der Waals surface area contributed by atoms with Gasteiger partial charge < -0.3 is 8.83 Å². The Morgan fingerprint density at radius 1 is 0.383 bits per heavy atom. The van der Waals surface area contributed by atoms with Crippen LogP contribution in [0.2, 0.25) is 0 Å². The van der Waals surface area contributed by atoms with Crippen LogP contribution in [0.3, 0.4) is 0 Å². The van der Waals surface area contributed by atoms with Crippen molar-refractivity contribution in [3.8, 4) is 39.3 Å². The highest BCUT2D eigenvalue weighted by atomic mass is 16.3. The number of furan rings is 2. The highest BCUT2D eigenvalue weighted by Crippen LogP contribution is 2.38. The zero-order chi connectivity index (χ0) is 30.9. The number of aromatic nitrogens is 2. The molecule has 4 heteroatoms. The van der Waals surface area contributed by atoms with Crippen LogP contribution in [0.15, 0.2) is 167 Å². The zero-order valence-corrected chi connectivity index (χ0v) is 25.2. The quantitative estimate of drug-likeness (QED) is 0.201. The predicted octanol–water partition coefficient (Wildman–Crippen LogP) is 11.8. The average molecular weight is 603 g/mol. The fourth-order valence-electron chi connectivity index (χ4n) is 6.90. The van der Waals surface area contributed by atoms with Gasteiger partial charge in [-0.15, -0.1) is 0 Å². The van der Waals surface area contributed by atoms with Crippen molar-refractivity contribution in [3.05, 3.63) is 158 Å². The van der Waals surface area contributed by atoms with Crippen molar-refractivity contribution in [2.45, 2.75) is 0 Å². The van der Waals surface area contributed by atoms with E-state index in [-0.39, 0.29) is 0 Å². The van der Waals surface area contributed by atoms with Gasteiger partial charge in [-0.2, -0.15) is 0 Å². The fraction of sp³-hybridized carbons (Fsp3) is 0. The molecule has 4 nitrogen and oxygen atoms in total. The summed E-state index contributed by atoms with van der Waals surface area (Å²) in [5.74, 6) is 0.918. The summed E-state index contributed by atoms with van der Waals surface area (Å²) in [7, 11) is 0. The van der Waals surface area contributed by atoms with E-state index in [9.17, 15) is 0 Å². The standard InChI is InChI=1S/C43H26N2O2/c1-2-8-27(9-3-1)28-14-16-30(17-15-28)43-44-37-11-5-6-12-38(37)45(43)32-21-18-29(19-22-32)31-20-23-40-34(24-31)36-26-41-35(25-42(36)47-40)33-10-4-7-13-39(33)46-41/h1-26H. The van der Waals surface area contributed by atoms with E-state index in [1.807, 2.05) is 30.3 Å². The second-order valence-electron chi connectivity index (χ2n) is 12.0. The molecule has 3 aromatic heterocycles. The van der Waals surface area contributed by atoms with Crippen molar-refractivity contribution in [1.82, 2.24) is 9.55 Å². The van der Waals surface area contributed by atoms with Crippen LogP contribution in [-0.4, -0.2) is 9.55 Å². The van der Waals surface area contributed by atoms with Gasteiger partial charge in [-0.05, 0) is 76.9 Å². The number of nitrogens with zero attached hydrogens (tertiary/aromatic N) is 2. The van der Waals surface area contributed by atoms with Crippen LogP contribution in [-0.2, 0) is 0 Å². The zero-order valence-electron chi connectivity index (χ0n) is 25.2. The van der Waals surface area contributed by atoms with Gasteiger partial charge in [0.25, 0.3) is 0 Å². The van der Waals surface area contributed by atoms with Crippen molar-refractivity contribution < 1.29 is 8.83 Å². The molecule has 0 fully saturated rings. The molecule has 0 bridgehead atoms. The average Bonchev–Trinajstić information content (AvgIpc) is 3.82. The molecule has 0 saturated carbocycles. The molecule has 0 unspecified atom stereocenters. The third-order valence-electron chi connectivity index (χ3n) is 9.24. The fourth-order valence-corrected chi connectivity index (χ4v) is 6.90. The second-order valence-corrected chi connectivity index (χ2v) is 12.0. The normalized spacial score (nSPS) is 11.8. The Labute approximate surface area is 269 Å². The first-order valence-corrected chi connectivity index (χ1v) is 15.8. The van der Waals surface area contributed by atoms with E-state index in [1.54, 1.807) is 0 Å². The number of hydrogen-bond acceptors (Lipinski definition) is 3. The van der Waals surface area contributed by atoms with Crippen LogP contribution in [0, 0.1) is 0 Å². The molecule has 10 rings (SSSR count). The summed E-state index contributed by atoms with van der Waals surface area (Å²) in [6, 6.07) is 55.0. The van der Waals surface area contributed by atoms with E-state index < -0.39 is 0 Å². The Kier molecular flexibility index (Phi) is 5.54. The molecule has 0 N–H and O–H groups in total. The monoisotopic (exact) mass is 602 g/mol. The number of imidazole rings is 1. The van der Waals surface area contributed by atoms with Crippen LogP contribution in [0.5, 0.6) is 0 Å². The molecular formula is C43H26N2O2. The second kappa shape index (κ2) is 10.1. The van der Waals surface area contributed by atoms with E-state index in [4.69, 9.17) is 13.8 Å². The Hall–Kier alpha value is -6.39. The molecule has 0 saturated heterocycles. The maximum Gasteiger partial charge on any atom is 0.145 e. The third-order valence-corrected chi connectivity index (χ3v) is 9.24. The minimum atomic E-state index is 0.864. The van der Waals surface area contributed by atoms with Crippen LogP contribution < -0.4 is 0 Å².